The fourth-order valence-electron chi connectivity index (χ4n) is 1.49. The minimum atomic E-state index is -0.317. The van der Waals surface area contributed by atoms with E-state index in [9.17, 15) is 4.39 Å². The van der Waals surface area contributed by atoms with Gasteiger partial charge in [0.25, 0.3) is 0 Å². The SMILES string of the molecule is Cn1nccc1CCOc1ccc(Br)c(F)c1. The molecule has 0 saturated heterocycles. The molecule has 0 aliphatic rings. The van der Waals surface area contributed by atoms with Gasteiger partial charge in [-0.3, -0.25) is 4.68 Å². The topological polar surface area (TPSA) is 27.1 Å². The summed E-state index contributed by atoms with van der Waals surface area (Å²) in [7, 11) is 1.88. The van der Waals surface area contributed by atoms with Crippen molar-refractivity contribution in [2.45, 2.75) is 6.42 Å². The molecule has 90 valence electrons. The molecule has 1 aromatic carbocycles. The van der Waals surface area contributed by atoms with E-state index in [0.29, 0.717) is 16.8 Å². The van der Waals surface area contributed by atoms with Crippen molar-refractivity contribution in [2.75, 3.05) is 6.61 Å². The number of rotatable bonds is 4. The third kappa shape index (κ3) is 3.06. The molecule has 0 aliphatic heterocycles. The molecule has 0 spiro atoms. The Morgan fingerprint density at radius 1 is 1.41 bits per heavy atom. The number of ether oxygens (including phenoxy) is 1. The Morgan fingerprint density at radius 2 is 2.24 bits per heavy atom. The number of aromatic nitrogens is 2. The summed E-state index contributed by atoms with van der Waals surface area (Å²) in [6.07, 6.45) is 2.49. The molecule has 2 aromatic rings. The van der Waals surface area contributed by atoms with E-state index in [1.54, 1.807) is 23.0 Å². The van der Waals surface area contributed by atoms with Crippen LogP contribution in [-0.4, -0.2) is 16.4 Å². The predicted octanol–water partition coefficient (Wildman–Crippen LogP) is 2.94. The molecule has 0 amide bonds. The Morgan fingerprint density at radius 3 is 2.88 bits per heavy atom. The third-order valence-corrected chi connectivity index (χ3v) is 3.08. The zero-order valence-electron chi connectivity index (χ0n) is 9.36. The Hall–Kier alpha value is -1.36. The molecule has 17 heavy (non-hydrogen) atoms. The van der Waals surface area contributed by atoms with Crippen molar-refractivity contribution in [2.24, 2.45) is 7.05 Å². The van der Waals surface area contributed by atoms with Gasteiger partial charge in [-0.25, -0.2) is 4.39 Å². The largest absolute Gasteiger partial charge is 0.493 e. The molecular formula is C12H12BrFN2O. The summed E-state index contributed by atoms with van der Waals surface area (Å²) in [6.45, 7) is 0.501. The second-order valence-electron chi connectivity index (χ2n) is 3.62. The van der Waals surface area contributed by atoms with Crippen LogP contribution in [-0.2, 0) is 13.5 Å². The van der Waals surface area contributed by atoms with Crippen molar-refractivity contribution < 1.29 is 9.13 Å². The van der Waals surface area contributed by atoms with E-state index in [1.165, 1.54) is 6.07 Å². The maximum absolute atomic E-state index is 13.2. The van der Waals surface area contributed by atoms with Crippen LogP contribution in [0.25, 0.3) is 0 Å². The Labute approximate surface area is 107 Å². The summed E-state index contributed by atoms with van der Waals surface area (Å²) in [5.41, 5.74) is 1.09. The van der Waals surface area contributed by atoms with Crippen molar-refractivity contribution in [1.29, 1.82) is 0 Å². The van der Waals surface area contributed by atoms with E-state index < -0.39 is 0 Å². The first-order chi connectivity index (χ1) is 8.16. The van der Waals surface area contributed by atoms with Crippen LogP contribution >= 0.6 is 15.9 Å². The quantitative estimate of drug-likeness (QED) is 0.868. The van der Waals surface area contributed by atoms with Crippen molar-refractivity contribution in [3.05, 3.63) is 46.4 Å². The van der Waals surface area contributed by atoms with E-state index in [4.69, 9.17) is 4.74 Å². The zero-order chi connectivity index (χ0) is 12.3. The average molecular weight is 299 g/mol. The summed E-state index contributed by atoms with van der Waals surface area (Å²) in [4.78, 5) is 0. The molecule has 0 bridgehead atoms. The van der Waals surface area contributed by atoms with Gasteiger partial charge in [-0.05, 0) is 34.1 Å². The Kier molecular flexibility index (Phi) is 3.78. The lowest BCUT2D eigenvalue weighted by Gasteiger charge is -2.07. The van der Waals surface area contributed by atoms with Gasteiger partial charge >= 0.3 is 0 Å². The first kappa shape index (κ1) is 12.1. The first-order valence-electron chi connectivity index (χ1n) is 5.21. The molecule has 2 rings (SSSR count). The van der Waals surface area contributed by atoms with Crippen LogP contribution < -0.4 is 4.74 Å². The van der Waals surface area contributed by atoms with Crippen LogP contribution in [0.4, 0.5) is 4.39 Å². The van der Waals surface area contributed by atoms with Gasteiger partial charge in [0, 0.05) is 31.4 Å². The molecule has 0 radical (unpaired) electrons. The van der Waals surface area contributed by atoms with Crippen molar-refractivity contribution in [3.63, 3.8) is 0 Å². The number of aryl methyl sites for hydroxylation is 1. The minimum Gasteiger partial charge on any atom is -0.493 e. The molecule has 0 saturated carbocycles. The smallest absolute Gasteiger partial charge is 0.141 e. The number of benzene rings is 1. The highest BCUT2D eigenvalue weighted by Crippen LogP contribution is 2.20. The van der Waals surface area contributed by atoms with E-state index >= 15 is 0 Å². The van der Waals surface area contributed by atoms with Crippen molar-refractivity contribution in [1.82, 2.24) is 9.78 Å². The fourth-order valence-corrected chi connectivity index (χ4v) is 1.73. The van der Waals surface area contributed by atoms with Crippen LogP contribution in [0.2, 0.25) is 0 Å². The molecule has 0 fully saturated rings. The summed E-state index contributed by atoms with van der Waals surface area (Å²) in [5, 5.41) is 4.06. The standard InChI is InChI=1S/C12H12BrFN2O/c1-16-9(4-6-15-16)5-7-17-10-2-3-11(13)12(14)8-10/h2-4,6,8H,5,7H2,1H3. The number of hydrogen-bond acceptors (Lipinski definition) is 2. The molecule has 5 heteroatoms. The van der Waals surface area contributed by atoms with Gasteiger partial charge < -0.3 is 4.74 Å². The van der Waals surface area contributed by atoms with Crippen LogP contribution in [0.3, 0.4) is 0 Å². The highest BCUT2D eigenvalue weighted by Gasteiger charge is 2.02. The molecule has 0 aliphatic carbocycles. The van der Waals surface area contributed by atoms with Crippen molar-refractivity contribution >= 4 is 15.9 Å². The maximum Gasteiger partial charge on any atom is 0.141 e. The average Bonchev–Trinajstić information content (AvgIpc) is 2.70. The van der Waals surface area contributed by atoms with E-state index in [2.05, 4.69) is 21.0 Å². The number of hydrogen-bond donors (Lipinski definition) is 0. The monoisotopic (exact) mass is 298 g/mol. The highest BCUT2D eigenvalue weighted by atomic mass is 79.9. The normalized spacial score (nSPS) is 10.5. The summed E-state index contributed by atoms with van der Waals surface area (Å²) in [6, 6.07) is 6.67. The summed E-state index contributed by atoms with van der Waals surface area (Å²) >= 11 is 3.10. The minimum absolute atomic E-state index is 0.317. The second kappa shape index (κ2) is 5.31. The van der Waals surface area contributed by atoms with Crippen LogP contribution in [0.5, 0.6) is 5.75 Å². The summed E-state index contributed by atoms with van der Waals surface area (Å²) < 4.78 is 20.9. The molecule has 1 aromatic heterocycles. The molecule has 0 unspecified atom stereocenters. The predicted molar refractivity (Wildman–Crippen MR) is 66.5 cm³/mol. The van der Waals surface area contributed by atoms with Gasteiger partial charge in [-0.15, -0.1) is 0 Å². The fraction of sp³-hybridized carbons (Fsp3) is 0.250. The molecule has 3 nitrogen and oxygen atoms in total. The highest BCUT2D eigenvalue weighted by molar-refractivity contribution is 9.10. The lowest BCUT2D eigenvalue weighted by molar-refractivity contribution is 0.316. The van der Waals surface area contributed by atoms with Crippen LogP contribution in [0.15, 0.2) is 34.9 Å². The van der Waals surface area contributed by atoms with E-state index in [1.807, 2.05) is 13.1 Å². The van der Waals surface area contributed by atoms with Gasteiger partial charge in [0.15, 0.2) is 0 Å². The van der Waals surface area contributed by atoms with Crippen LogP contribution in [0.1, 0.15) is 5.69 Å². The van der Waals surface area contributed by atoms with E-state index in [-0.39, 0.29) is 5.82 Å². The molecule has 1 heterocycles. The number of halogens is 2. The molecule has 0 atom stereocenters. The maximum atomic E-state index is 13.2. The van der Waals surface area contributed by atoms with Gasteiger partial charge in [0.1, 0.15) is 11.6 Å². The third-order valence-electron chi connectivity index (χ3n) is 2.44. The van der Waals surface area contributed by atoms with Gasteiger partial charge in [-0.2, -0.15) is 5.10 Å². The van der Waals surface area contributed by atoms with Crippen LogP contribution in [0, 0.1) is 5.82 Å². The lowest BCUT2D eigenvalue weighted by Crippen LogP contribution is -2.06. The lowest BCUT2D eigenvalue weighted by atomic mass is 10.3. The van der Waals surface area contributed by atoms with E-state index in [0.717, 1.165) is 12.1 Å². The van der Waals surface area contributed by atoms with Gasteiger partial charge in [0.05, 0.1) is 11.1 Å². The van der Waals surface area contributed by atoms with Gasteiger partial charge in [0.2, 0.25) is 0 Å². The number of nitrogens with zero attached hydrogens (tertiary/aromatic N) is 2. The van der Waals surface area contributed by atoms with Gasteiger partial charge in [-0.1, -0.05) is 0 Å². The second-order valence-corrected chi connectivity index (χ2v) is 4.47. The Bertz CT molecular complexity index is 513. The first-order valence-corrected chi connectivity index (χ1v) is 6.01. The van der Waals surface area contributed by atoms with Crippen molar-refractivity contribution in [3.8, 4) is 5.75 Å². The molecule has 0 N–H and O–H groups in total. The zero-order valence-corrected chi connectivity index (χ0v) is 10.9. The summed E-state index contributed by atoms with van der Waals surface area (Å²) in [5.74, 6) is 0.218. The molecular weight excluding hydrogens is 287 g/mol. The Balaban J connectivity index is 1.90.